The molecule has 2 rings (SSSR count). The number of ether oxygens (including phenoxy) is 1. The van der Waals surface area contributed by atoms with Gasteiger partial charge in [0, 0.05) is 18.6 Å². The summed E-state index contributed by atoms with van der Waals surface area (Å²) in [6.45, 7) is 0.183. The quantitative estimate of drug-likeness (QED) is 0.483. The lowest BCUT2D eigenvalue weighted by atomic mass is 10.1. The van der Waals surface area contributed by atoms with Crippen molar-refractivity contribution in [3.05, 3.63) is 35.6 Å². The summed E-state index contributed by atoms with van der Waals surface area (Å²) >= 11 is 0. The van der Waals surface area contributed by atoms with E-state index in [1.807, 2.05) is 0 Å². The first-order chi connectivity index (χ1) is 11.4. The highest BCUT2D eigenvalue weighted by molar-refractivity contribution is 6.03. The maximum atomic E-state index is 13.6. The minimum absolute atomic E-state index is 0.00521. The van der Waals surface area contributed by atoms with Crippen LogP contribution in [0.2, 0.25) is 0 Å². The summed E-state index contributed by atoms with van der Waals surface area (Å²) in [7, 11) is 0. The van der Waals surface area contributed by atoms with Crippen LogP contribution in [0.5, 0.6) is 5.75 Å². The van der Waals surface area contributed by atoms with E-state index in [-0.39, 0.29) is 24.6 Å². The smallest absolute Gasteiger partial charge is 0.317 e. The number of aromatic amines is 1. The SMILES string of the molecule is NC(=O)Nc1[nH]c(-c2cc(F)ccc2OCCCO)cc1C(N)=O. The normalized spacial score (nSPS) is 10.4. The molecule has 24 heavy (non-hydrogen) atoms. The Balaban J connectivity index is 2.44. The lowest BCUT2D eigenvalue weighted by Crippen LogP contribution is -2.22. The average Bonchev–Trinajstić information content (AvgIpc) is 2.92. The molecule has 0 radical (unpaired) electrons. The molecule has 7 N–H and O–H groups in total. The number of hydrogen-bond donors (Lipinski definition) is 5. The van der Waals surface area contributed by atoms with E-state index in [4.69, 9.17) is 21.3 Å². The van der Waals surface area contributed by atoms with E-state index in [2.05, 4.69) is 10.3 Å². The molecule has 128 valence electrons. The lowest BCUT2D eigenvalue weighted by molar-refractivity contribution is 0.100. The third kappa shape index (κ3) is 4.02. The molecule has 0 atom stereocenters. The zero-order chi connectivity index (χ0) is 17.7. The molecular formula is C15H17FN4O4. The van der Waals surface area contributed by atoms with Gasteiger partial charge in [-0.25, -0.2) is 9.18 Å². The molecule has 0 aliphatic carbocycles. The molecule has 0 aliphatic rings. The number of rotatable bonds is 7. The molecule has 0 saturated heterocycles. The summed E-state index contributed by atoms with van der Waals surface area (Å²) < 4.78 is 19.1. The van der Waals surface area contributed by atoms with Crippen LogP contribution in [0, 0.1) is 5.82 Å². The van der Waals surface area contributed by atoms with Crippen LogP contribution in [-0.2, 0) is 0 Å². The summed E-state index contributed by atoms with van der Waals surface area (Å²) in [5.41, 5.74) is 10.9. The highest BCUT2D eigenvalue weighted by atomic mass is 19.1. The molecule has 0 aliphatic heterocycles. The standard InChI is InChI=1S/C15H17FN4O4/c16-8-2-3-12(24-5-1-4-21)9(6-8)11-7-10(13(17)22)14(19-11)20-15(18)23/h2-3,6-7,19,21H,1,4-5H2,(H2,17,22)(H3,18,20,23). The van der Waals surface area contributed by atoms with Gasteiger partial charge in [0.15, 0.2) is 0 Å². The zero-order valence-corrected chi connectivity index (χ0v) is 12.6. The molecule has 0 saturated carbocycles. The van der Waals surface area contributed by atoms with Crippen LogP contribution in [-0.4, -0.2) is 35.2 Å². The van der Waals surface area contributed by atoms with Crippen molar-refractivity contribution < 1.29 is 23.8 Å². The number of nitrogens with two attached hydrogens (primary N) is 2. The number of amides is 3. The molecule has 0 unspecified atom stereocenters. The molecule has 8 nitrogen and oxygen atoms in total. The van der Waals surface area contributed by atoms with E-state index in [1.54, 1.807) is 0 Å². The third-order valence-electron chi connectivity index (χ3n) is 3.12. The Labute approximate surface area is 136 Å². The van der Waals surface area contributed by atoms with Gasteiger partial charge >= 0.3 is 6.03 Å². The summed E-state index contributed by atoms with van der Waals surface area (Å²) in [4.78, 5) is 25.3. The second-order valence-corrected chi connectivity index (χ2v) is 4.89. The van der Waals surface area contributed by atoms with Gasteiger partial charge in [0.05, 0.1) is 17.9 Å². The second-order valence-electron chi connectivity index (χ2n) is 4.89. The van der Waals surface area contributed by atoms with Crippen LogP contribution in [0.25, 0.3) is 11.3 Å². The summed E-state index contributed by atoms with van der Waals surface area (Å²) in [6.07, 6.45) is 0.405. The van der Waals surface area contributed by atoms with Gasteiger partial charge in [-0.05, 0) is 24.3 Å². The van der Waals surface area contributed by atoms with E-state index in [0.717, 1.165) is 0 Å². The minimum atomic E-state index is -0.885. The number of nitrogens with one attached hydrogen (secondary N) is 2. The van der Waals surface area contributed by atoms with Crippen molar-refractivity contribution in [2.45, 2.75) is 6.42 Å². The van der Waals surface area contributed by atoms with E-state index in [0.29, 0.717) is 23.4 Å². The summed E-state index contributed by atoms with van der Waals surface area (Å²) in [6, 6.07) is 4.33. The fourth-order valence-corrected chi connectivity index (χ4v) is 2.10. The van der Waals surface area contributed by atoms with Crippen LogP contribution < -0.4 is 21.5 Å². The number of H-pyrrole nitrogens is 1. The Morgan fingerprint density at radius 1 is 1.29 bits per heavy atom. The van der Waals surface area contributed by atoms with Gasteiger partial charge in [0.2, 0.25) is 0 Å². The van der Waals surface area contributed by atoms with Crippen LogP contribution in [0.15, 0.2) is 24.3 Å². The first-order valence-corrected chi connectivity index (χ1v) is 7.05. The maximum absolute atomic E-state index is 13.6. The largest absolute Gasteiger partial charge is 0.493 e. The first kappa shape index (κ1) is 17.3. The highest BCUT2D eigenvalue weighted by Crippen LogP contribution is 2.33. The average molecular weight is 336 g/mol. The molecule has 1 aromatic heterocycles. The second kappa shape index (κ2) is 7.47. The first-order valence-electron chi connectivity index (χ1n) is 7.05. The number of carbonyl (C=O) groups is 2. The number of hydrogen-bond acceptors (Lipinski definition) is 4. The molecular weight excluding hydrogens is 319 g/mol. The van der Waals surface area contributed by atoms with Gasteiger partial charge in [0.1, 0.15) is 17.4 Å². The predicted molar refractivity (Wildman–Crippen MR) is 85.1 cm³/mol. The maximum Gasteiger partial charge on any atom is 0.317 e. The van der Waals surface area contributed by atoms with Crippen molar-refractivity contribution >= 4 is 17.8 Å². The van der Waals surface area contributed by atoms with Crippen LogP contribution >= 0.6 is 0 Å². The number of halogens is 1. The van der Waals surface area contributed by atoms with Crippen molar-refractivity contribution in [1.82, 2.24) is 4.98 Å². The number of aliphatic hydroxyl groups is 1. The number of urea groups is 1. The van der Waals surface area contributed by atoms with E-state index < -0.39 is 17.8 Å². The molecule has 9 heteroatoms. The Hall–Kier alpha value is -3.07. The molecule has 3 amide bonds. The van der Waals surface area contributed by atoms with Gasteiger partial charge in [-0.2, -0.15) is 0 Å². The fourth-order valence-electron chi connectivity index (χ4n) is 2.10. The Morgan fingerprint density at radius 2 is 2.04 bits per heavy atom. The molecule has 2 aromatic rings. The predicted octanol–water partition coefficient (Wildman–Crippen LogP) is 1.17. The van der Waals surface area contributed by atoms with E-state index in [9.17, 15) is 14.0 Å². The summed E-state index contributed by atoms with van der Waals surface area (Å²) in [5.74, 6) is -0.956. The van der Waals surface area contributed by atoms with Gasteiger partial charge in [-0.3, -0.25) is 10.1 Å². The van der Waals surface area contributed by atoms with Crippen LogP contribution in [0.3, 0.4) is 0 Å². The zero-order valence-electron chi connectivity index (χ0n) is 12.6. The topological polar surface area (TPSA) is 143 Å². The molecule has 0 bridgehead atoms. The van der Waals surface area contributed by atoms with E-state index in [1.165, 1.54) is 24.3 Å². The van der Waals surface area contributed by atoms with Gasteiger partial charge in [-0.15, -0.1) is 0 Å². The number of primary amides is 2. The molecule has 0 fully saturated rings. The van der Waals surface area contributed by atoms with E-state index >= 15 is 0 Å². The minimum Gasteiger partial charge on any atom is -0.493 e. The highest BCUT2D eigenvalue weighted by Gasteiger charge is 2.18. The van der Waals surface area contributed by atoms with Gasteiger partial charge < -0.3 is 26.3 Å². The van der Waals surface area contributed by atoms with Crippen LogP contribution in [0.1, 0.15) is 16.8 Å². The van der Waals surface area contributed by atoms with Crippen molar-refractivity contribution in [2.75, 3.05) is 18.5 Å². The number of anilines is 1. The Kier molecular flexibility index (Phi) is 5.38. The van der Waals surface area contributed by atoms with Crippen molar-refractivity contribution in [1.29, 1.82) is 0 Å². The molecule has 0 spiro atoms. The monoisotopic (exact) mass is 336 g/mol. The third-order valence-corrected chi connectivity index (χ3v) is 3.12. The lowest BCUT2D eigenvalue weighted by Gasteiger charge is -2.10. The Bertz CT molecular complexity index is 760. The van der Waals surface area contributed by atoms with Gasteiger partial charge in [0.25, 0.3) is 5.91 Å². The number of benzene rings is 1. The van der Waals surface area contributed by atoms with Gasteiger partial charge in [-0.1, -0.05) is 0 Å². The Morgan fingerprint density at radius 3 is 2.67 bits per heavy atom. The van der Waals surface area contributed by atoms with Crippen molar-refractivity contribution in [3.8, 4) is 17.0 Å². The number of aliphatic hydroxyl groups excluding tert-OH is 1. The number of aromatic nitrogens is 1. The molecule has 1 heterocycles. The van der Waals surface area contributed by atoms with Crippen LogP contribution in [0.4, 0.5) is 15.0 Å². The fraction of sp³-hybridized carbons (Fsp3) is 0.200. The van der Waals surface area contributed by atoms with Crippen molar-refractivity contribution in [2.24, 2.45) is 11.5 Å². The number of carbonyl (C=O) groups excluding carboxylic acids is 2. The summed E-state index contributed by atoms with van der Waals surface area (Å²) in [5, 5.41) is 11.1. The molecule has 1 aromatic carbocycles. The van der Waals surface area contributed by atoms with Crippen molar-refractivity contribution in [3.63, 3.8) is 0 Å².